The molecule has 0 saturated heterocycles. The average molecular weight is 300 g/mol. The van der Waals surface area contributed by atoms with Gasteiger partial charge in [-0.2, -0.15) is 0 Å². The summed E-state index contributed by atoms with van der Waals surface area (Å²) < 4.78 is 9.70. The second-order valence-corrected chi connectivity index (χ2v) is 4.14. The fourth-order valence-corrected chi connectivity index (χ4v) is 1.79. The van der Waals surface area contributed by atoms with Gasteiger partial charge in [0, 0.05) is 6.92 Å². The van der Waals surface area contributed by atoms with E-state index in [0.29, 0.717) is 0 Å². The van der Waals surface area contributed by atoms with Crippen molar-refractivity contribution in [2.75, 3.05) is 19.0 Å². The van der Waals surface area contributed by atoms with Crippen LogP contribution in [0.3, 0.4) is 0 Å². The average Bonchev–Trinajstić information content (AvgIpc) is 2.38. The number of carbonyl (C=O) groups excluding carboxylic acids is 3. The fourth-order valence-electron chi connectivity index (χ4n) is 1.55. The fraction of sp³-hybridized carbons (Fsp3) is 0.308. The molecule has 6 nitrogen and oxygen atoms in total. The Kier molecular flexibility index (Phi) is 5.52. The van der Waals surface area contributed by atoms with Crippen molar-refractivity contribution in [1.29, 1.82) is 0 Å². The molecule has 0 heterocycles. The predicted octanol–water partition coefficient (Wildman–Crippen LogP) is 2.05. The highest BCUT2D eigenvalue weighted by atomic mass is 35.5. The van der Waals surface area contributed by atoms with Gasteiger partial charge < -0.3 is 14.8 Å². The molecule has 0 atom stereocenters. The number of ether oxygens (including phenoxy) is 2. The first kappa shape index (κ1) is 16.0. The van der Waals surface area contributed by atoms with Gasteiger partial charge in [-0.25, -0.2) is 4.79 Å². The number of amides is 1. The number of Topliss-reactive ketones (excluding diaryl/α,β-unsaturated/α-hetero) is 1. The summed E-state index contributed by atoms with van der Waals surface area (Å²) in [5.74, 6) is -2.20. The van der Waals surface area contributed by atoms with E-state index in [0.717, 1.165) is 0 Å². The number of hydrogen-bond donors (Lipinski definition) is 1. The van der Waals surface area contributed by atoms with Crippen LogP contribution in [0.2, 0.25) is 5.02 Å². The number of nitrogens with one attached hydrogen (secondary N) is 1. The maximum absolute atomic E-state index is 12.1. The monoisotopic (exact) mass is 299 g/mol. The molecule has 0 aliphatic carbocycles. The lowest BCUT2D eigenvalue weighted by molar-refractivity contribution is -0.137. The Labute approximate surface area is 121 Å². The molecule has 1 aromatic carbocycles. The highest BCUT2D eigenvalue weighted by molar-refractivity contribution is 6.47. The van der Waals surface area contributed by atoms with Gasteiger partial charge in [-0.15, -0.1) is 0 Å². The van der Waals surface area contributed by atoms with Gasteiger partial charge in [0.25, 0.3) is 5.78 Å². The van der Waals surface area contributed by atoms with Gasteiger partial charge in [0.2, 0.25) is 5.91 Å². The highest BCUT2D eigenvalue weighted by Crippen LogP contribution is 2.34. The zero-order chi connectivity index (χ0) is 15.3. The molecule has 108 valence electrons. The first-order valence-corrected chi connectivity index (χ1v) is 6.15. The van der Waals surface area contributed by atoms with Crippen molar-refractivity contribution in [2.24, 2.45) is 0 Å². The molecule has 0 aliphatic heterocycles. The van der Waals surface area contributed by atoms with Crippen LogP contribution in [0.1, 0.15) is 24.2 Å². The summed E-state index contributed by atoms with van der Waals surface area (Å²) in [6, 6.07) is 2.88. The summed E-state index contributed by atoms with van der Waals surface area (Å²) in [5.41, 5.74) is -0.106. The lowest BCUT2D eigenvalue weighted by atomic mass is 10.1. The molecule has 7 heteroatoms. The molecular weight excluding hydrogens is 286 g/mol. The Bertz CT molecular complexity index is 556. The smallest absolute Gasteiger partial charge is 0.379 e. The van der Waals surface area contributed by atoms with Crippen LogP contribution in [-0.4, -0.2) is 31.4 Å². The van der Waals surface area contributed by atoms with Gasteiger partial charge in [-0.1, -0.05) is 11.6 Å². The first-order chi connectivity index (χ1) is 9.42. The number of halogens is 1. The molecule has 0 fully saturated rings. The largest absolute Gasteiger partial charge is 0.495 e. The second-order valence-electron chi connectivity index (χ2n) is 3.73. The third-order valence-corrected chi connectivity index (χ3v) is 2.64. The third-order valence-electron chi connectivity index (χ3n) is 2.33. The summed E-state index contributed by atoms with van der Waals surface area (Å²) in [5, 5.41) is 2.46. The van der Waals surface area contributed by atoms with Gasteiger partial charge in [0.05, 0.1) is 30.0 Å². The zero-order valence-electron chi connectivity index (χ0n) is 11.3. The number of rotatable bonds is 5. The minimum Gasteiger partial charge on any atom is -0.495 e. The van der Waals surface area contributed by atoms with Crippen molar-refractivity contribution in [1.82, 2.24) is 0 Å². The number of anilines is 1. The number of hydrogen-bond acceptors (Lipinski definition) is 5. The number of benzene rings is 1. The lowest BCUT2D eigenvalue weighted by Crippen LogP contribution is -2.21. The molecule has 0 unspecified atom stereocenters. The van der Waals surface area contributed by atoms with Gasteiger partial charge in [0.1, 0.15) is 5.75 Å². The maximum atomic E-state index is 12.1. The van der Waals surface area contributed by atoms with E-state index in [1.807, 2.05) is 0 Å². The van der Waals surface area contributed by atoms with Crippen molar-refractivity contribution in [3.8, 4) is 5.75 Å². The topological polar surface area (TPSA) is 81.7 Å². The van der Waals surface area contributed by atoms with Gasteiger partial charge >= 0.3 is 5.97 Å². The van der Waals surface area contributed by atoms with Crippen molar-refractivity contribution in [3.63, 3.8) is 0 Å². The molecule has 1 rings (SSSR count). The Balaban J connectivity index is 3.38. The van der Waals surface area contributed by atoms with E-state index in [1.165, 1.54) is 26.2 Å². The number of esters is 1. The summed E-state index contributed by atoms with van der Waals surface area (Å²) in [7, 11) is 1.37. The summed E-state index contributed by atoms with van der Waals surface area (Å²) in [6.45, 7) is 2.90. The maximum Gasteiger partial charge on any atom is 0.379 e. The van der Waals surface area contributed by atoms with Crippen LogP contribution in [-0.2, 0) is 14.3 Å². The molecule has 1 amide bonds. The lowest BCUT2D eigenvalue weighted by Gasteiger charge is -2.14. The summed E-state index contributed by atoms with van der Waals surface area (Å²) in [4.78, 5) is 34.8. The summed E-state index contributed by atoms with van der Waals surface area (Å²) in [6.07, 6.45) is 0. The minimum absolute atomic E-state index is 0.0209. The number of ketones is 1. The molecular formula is C13H14ClNO5. The SMILES string of the molecule is CCOC(=O)C(=O)c1c(Cl)ccc(OC)c1NC(C)=O. The van der Waals surface area contributed by atoms with Crippen molar-refractivity contribution >= 4 is 34.9 Å². The number of carbonyl (C=O) groups is 3. The molecule has 1 aromatic rings. The standard InChI is InChI=1S/C13H14ClNO5/c1-4-20-13(18)12(17)10-8(14)5-6-9(19-3)11(10)15-7(2)16/h5-6H,4H2,1-3H3,(H,15,16). The third kappa shape index (κ3) is 3.48. The van der Waals surface area contributed by atoms with E-state index >= 15 is 0 Å². The van der Waals surface area contributed by atoms with Gasteiger partial charge in [0.15, 0.2) is 0 Å². The zero-order valence-corrected chi connectivity index (χ0v) is 12.0. The Morgan fingerprint density at radius 1 is 1.30 bits per heavy atom. The Morgan fingerprint density at radius 2 is 1.95 bits per heavy atom. The highest BCUT2D eigenvalue weighted by Gasteiger charge is 2.26. The van der Waals surface area contributed by atoms with Crippen LogP contribution in [0.25, 0.3) is 0 Å². The molecule has 0 aromatic heterocycles. The molecule has 0 spiro atoms. The van der Waals surface area contributed by atoms with Crippen LogP contribution >= 0.6 is 11.6 Å². The van der Waals surface area contributed by atoms with Crippen LogP contribution < -0.4 is 10.1 Å². The Hall–Kier alpha value is -2.08. The molecule has 0 bridgehead atoms. The van der Waals surface area contributed by atoms with E-state index in [-0.39, 0.29) is 28.6 Å². The van der Waals surface area contributed by atoms with E-state index in [4.69, 9.17) is 16.3 Å². The van der Waals surface area contributed by atoms with E-state index in [1.54, 1.807) is 6.92 Å². The predicted molar refractivity (Wildman–Crippen MR) is 73.3 cm³/mol. The quantitative estimate of drug-likeness (QED) is 0.511. The van der Waals surface area contributed by atoms with Gasteiger partial charge in [-0.3, -0.25) is 9.59 Å². The number of methoxy groups -OCH3 is 1. The first-order valence-electron chi connectivity index (χ1n) is 5.77. The second kappa shape index (κ2) is 6.91. The van der Waals surface area contributed by atoms with Crippen molar-refractivity contribution in [2.45, 2.75) is 13.8 Å². The van der Waals surface area contributed by atoms with E-state index in [2.05, 4.69) is 10.1 Å². The Morgan fingerprint density at radius 3 is 2.45 bits per heavy atom. The van der Waals surface area contributed by atoms with Crippen LogP contribution in [0.15, 0.2) is 12.1 Å². The molecule has 1 N–H and O–H groups in total. The molecule has 0 aliphatic rings. The molecule has 0 saturated carbocycles. The normalized spacial score (nSPS) is 9.80. The van der Waals surface area contributed by atoms with Crippen LogP contribution in [0, 0.1) is 0 Å². The van der Waals surface area contributed by atoms with E-state index in [9.17, 15) is 14.4 Å². The van der Waals surface area contributed by atoms with Crippen LogP contribution in [0.4, 0.5) is 5.69 Å². The van der Waals surface area contributed by atoms with Gasteiger partial charge in [-0.05, 0) is 19.1 Å². The minimum atomic E-state index is -1.05. The summed E-state index contributed by atoms with van der Waals surface area (Å²) >= 11 is 5.95. The molecule has 0 radical (unpaired) electrons. The van der Waals surface area contributed by atoms with Crippen molar-refractivity contribution in [3.05, 3.63) is 22.7 Å². The molecule has 20 heavy (non-hydrogen) atoms. The van der Waals surface area contributed by atoms with E-state index < -0.39 is 17.7 Å². The van der Waals surface area contributed by atoms with Crippen LogP contribution in [0.5, 0.6) is 5.75 Å². The van der Waals surface area contributed by atoms with Crippen molar-refractivity contribution < 1.29 is 23.9 Å².